The smallest absolute Gasteiger partial charge is 0.315 e. The van der Waals surface area contributed by atoms with Crippen LogP contribution in [0.4, 0.5) is 9.18 Å². The van der Waals surface area contributed by atoms with Crippen molar-refractivity contribution in [1.82, 2.24) is 10.6 Å². The molecule has 0 atom stereocenters. The van der Waals surface area contributed by atoms with Crippen LogP contribution in [0.3, 0.4) is 0 Å². The molecule has 0 saturated heterocycles. The van der Waals surface area contributed by atoms with Gasteiger partial charge in [-0.2, -0.15) is 11.8 Å². The van der Waals surface area contributed by atoms with Crippen LogP contribution < -0.4 is 10.6 Å². The zero-order valence-electron chi connectivity index (χ0n) is 13.5. The fourth-order valence-corrected chi connectivity index (χ4v) is 3.60. The van der Waals surface area contributed by atoms with Crippen LogP contribution in [0.5, 0.6) is 0 Å². The summed E-state index contributed by atoms with van der Waals surface area (Å²) < 4.78 is 13.4. The second-order valence-corrected chi connectivity index (χ2v) is 7.04. The molecule has 0 radical (unpaired) electrons. The molecule has 1 saturated carbocycles. The minimum atomic E-state index is -0.746. The van der Waals surface area contributed by atoms with Crippen molar-refractivity contribution in [1.29, 1.82) is 0 Å². The van der Waals surface area contributed by atoms with Gasteiger partial charge in [0.25, 0.3) is 0 Å². The second-order valence-electron chi connectivity index (χ2n) is 5.93. The van der Waals surface area contributed by atoms with Crippen LogP contribution in [0.2, 0.25) is 0 Å². The Morgan fingerprint density at radius 3 is 2.58 bits per heavy atom. The third-order valence-electron chi connectivity index (χ3n) is 4.16. The van der Waals surface area contributed by atoms with E-state index in [0.29, 0.717) is 49.3 Å². The predicted octanol–water partition coefficient (Wildman–Crippen LogP) is 3.00. The fourth-order valence-electron chi connectivity index (χ4n) is 2.76. The molecule has 1 aromatic rings. The van der Waals surface area contributed by atoms with Gasteiger partial charge >= 0.3 is 12.0 Å². The summed E-state index contributed by atoms with van der Waals surface area (Å²) in [7, 11) is 0. The number of carbonyl (C=O) groups is 2. The lowest BCUT2D eigenvalue weighted by molar-refractivity contribution is -0.142. The maximum Gasteiger partial charge on any atom is 0.315 e. The van der Waals surface area contributed by atoms with E-state index in [2.05, 4.69) is 10.6 Å². The number of amides is 2. The van der Waals surface area contributed by atoms with Gasteiger partial charge in [-0.3, -0.25) is 4.79 Å². The van der Waals surface area contributed by atoms with E-state index in [1.54, 1.807) is 23.9 Å². The quantitative estimate of drug-likeness (QED) is 0.658. The molecule has 2 amide bonds. The molecule has 1 aromatic carbocycles. The van der Waals surface area contributed by atoms with E-state index in [1.165, 1.54) is 6.07 Å². The lowest BCUT2D eigenvalue weighted by atomic mass is 9.86. The van der Waals surface area contributed by atoms with Gasteiger partial charge in [0, 0.05) is 24.1 Å². The highest BCUT2D eigenvalue weighted by Gasteiger charge is 2.26. The Labute approximate surface area is 145 Å². The molecule has 5 nitrogen and oxygen atoms in total. The number of carboxylic acids is 1. The Kier molecular flexibility index (Phi) is 7.36. The third-order valence-corrected chi connectivity index (χ3v) is 5.17. The number of carboxylic acid groups (broad SMARTS) is 1. The number of thioether (sulfide) groups is 1. The monoisotopic (exact) mass is 354 g/mol. The highest BCUT2D eigenvalue weighted by molar-refractivity contribution is 7.98. The van der Waals surface area contributed by atoms with Gasteiger partial charge in [0.15, 0.2) is 0 Å². The molecular weight excluding hydrogens is 331 g/mol. The number of halogens is 1. The highest BCUT2D eigenvalue weighted by Crippen LogP contribution is 2.24. The predicted molar refractivity (Wildman–Crippen MR) is 92.5 cm³/mol. The van der Waals surface area contributed by atoms with Crippen molar-refractivity contribution in [2.24, 2.45) is 5.92 Å². The minimum absolute atomic E-state index is 0.0478. The summed E-state index contributed by atoms with van der Waals surface area (Å²) in [6.07, 6.45) is 2.62. The van der Waals surface area contributed by atoms with E-state index in [4.69, 9.17) is 5.11 Å². The molecule has 0 spiro atoms. The van der Waals surface area contributed by atoms with Crippen LogP contribution in [0.15, 0.2) is 24.3 Å². The molecule has 1 aliphatic carbocycles. The normalized spacial score (nSPS) is 20.4. The van der Waals surface area contributed by atoms with Gasteiger partial charge in [0.2, 0.25) is 0 Å². The minimum Gasteiger partial charge on any atom is -0.481 e. The molecule has 3 N–H and O–H groups in total. The number of benzene rings is 1. The van der Waals surface area contributed by atoms with Crippen LogP contribution in [-0.4, -0.2) is 35.4 Å². The van der Waals surface area contributed by atoms with Crippen LogP contribution in [-0.2, 0) is 10.5 Å². The third kappa shape index (κ3) is 6.03. The summed E-state index contributed by atoms with van der Waals surface area (Å²) in [6, 6.07) is 6.51. The summed E-state index contributed by atoms with van der Waals surface area (Å²) in [5, 5.41) is 14.6. The maximum atomic E-state index is 13.4. The average molecular weight is 354 g/mol. The molecule has 1 fully saturated rings. The summed E-state index contributed by atoms with van der Waals surface area (Å²) in [5.74, 6) is 0.0567. The zero-order valence-corrected chi connectivity index (χ0v) is 14.3. The first-order chi connectivity index (χ1) is 11.6. The molecular formula is C17H23FN2O3S. The largest absolute Gasteiger partial charge is 0.481 e. The zero-order chi connectivity index (χ0) is 17.4. The Morgan fingerprint density at radius 1 is 1.21 bits per heavy atom. The standard InChI is InChI=1S/C17H23FN2O3S/c18-15-4-2-1-3-13(15)11-24-10-9-19-17(23)20-14-7-5-12(6-8-14)16(21)22/h1-4,12,14H,5-11H2,(H,21,22)(H2,19,20,23). The molecule has 0 bridgehead atoms. The molecule has 24 heavy (non-hydrogen) atoms. The summed E-state index contributed by atoms with van der Waals surface area (Å²) >= 11 is 1.56. The molecule has 2 rings (SSSR count). The van der Waals surface area contributed by atoms with E-state index < -0.39 is 5.97 Å². The van der Waals surface area contributed by atoms with Crippen LogP contribution in [0.25, 0.3) is 0 Å². The van der Waals surface area contributed by atoms with E-state index in [1.807, 2.05) is 6.07 Å². The van der Waals surface area contributed by atoms with Crippen LogP contribution in [0.1, 0.15) is 31.2 Å². The van der Waals surface area contributed by atoms with E-state index in [0.717, 1.165) is 0 Å². The number of rotatable bonds is 7. The van der Waals surface area contributed by atoms with Crippen LogP contribution in [0, 0.1) is 11.7 Å². The molecule has 0 aromatic heterocycles. The van der Waals surface area contributed by atoms with E-state index in [-0.39, 0.29) is 23.8 Å². The molecule has 0 heterocycles. The summed E-state index contributed by atoms with van der Waals surface area (Å²) in [5.41, 5.74) is 0.669. The van der Waals surface area contributed by atoms with E-state index >= 15 is 0 Å². The Morgan fingerprint density at radius 2 is 1.92 bits per heavy atom. The number of urea groups is 1. The SMILES string of the molecule is O=C(NCCSCc1ccccc1F)NC1CCC(C(=O)O)CC1. The Balaban J connectivity index is 1.56. The topological polar surface area (TPSA) is 78.4 Å². The first-order valence-electron chi connectivity index (χ1n) is 8.14. The lowest BCUT2D eigenvalue weighted by Crippen LogP contribution is -2.44. The van der Waals surface area contributed by atoms with Crippen molar-refractivity contribution in [2.45, 2.75) is 37.5 Å². The van der Waals surface area contributed by atoms with Crippen molar-refractivity contribution >= 4 is 23.8 Å². The maximum absolute atomic E-state index is 13.4. The van der Waals surface area contributed by atoms with Gasteiger partial charge in [-0.1, -0.05) is 18.2 Å². The van der Waals surface area contributed by atoms with Crippen LogP contribution >= 0.6 is 11.8 Å². The van der Waals surface area contributed by atoms with Crippen molar-refractivity contribution < 1.29 is 19.1 Å². The fraction of sp³-hybridized carbons (Fsp3) is 0.529. The molecule has 1 aliphatic rings. The number of aliphatic carboxylic acids is 1. The summed E-state index contributed by atoms with van der Waals surface area (Å²) in [6.45, 7) is 0.509. The van der Waals surface area contributed by atoms with Crippen molar-refractivity contribution in [3.8, 4) is 0 Å². The molecule has 7 heteroatoms. The van der Waals surface area contributed by atoms with Crippen molar-refractivity contribution in [2.75, 3.05) is 12.3 Å². The second kappa shape index (κ2) is 9.52. The van der Waals surface area contributed by atoms with Crippen molar-refractivity contribution in [3.63, 3.8) is 0 Å². The molecule has 0 unspecified atom stereocenters. The highest BCUT2D eigenvalue weighted by atomic mass is 32.2. The van der Waals surface area contributed by atoms with Gasteiger partial charge in [-0.25, -0.2) is 9.18 Å². The van der Waals surface area contributed by atoms with Gasteiger partial charge in [0.1, 0.15) is 5.82 Å². The van der Waals surface area contributed by atoms with Gasteiger partial charge < -0.3 is 15.7 Å². The van der Waals surface area contributed by atoms with Gasteiger partial charge in [-0.15, -0.1) is 0 Å². The lowest BCUT2D eigenvalue weighted by Gasteiger charge is -2.26. The first-order valence-corrected chi connectivity index (χ1v) is 9.30. The molecule has 132 valence electrons. The Hall–Kier alpha value is -1.76. The van der Waals surface area contributed by atoms with Crippen molar-refractivity contribution in [3.05, 3.63) is 35.6 Å². The number of carbonyl (C=O) groups excluding carboxylic acids is 1. The van der Waals surface area contributed by atoms with Gasteiger partial charge in [0.05, 0.1) is 5.92 Å². The number of hydrogen-bond acceptors (Lipinski definition) is 3. The summed E-state index contributed by atoms with van der Waals surface area (Å²) in [4.78, 5) is 22.7. The Bertz CT molecular complexity index is 563. The molecule has 0 aliphatic heterocycles. The van der Waals surface area contributed by atoms with E-state index in [9.17, 15) is 14.0 Å². The number of hydrogen-bond donors (Lipinski definition) is 3. The number of nitrogens with one attached hydrogen (secondary N) is 2. The average Bonchev–Trinajstić information content (AvgIpc) is 2.56. The van der Waals surface area contributed by atoms with Gasteiger partial charge in [-0.05, 0) is 37.3 Å². The first kappa shape index (κ1) is 18.6.